The van der Waals surface area contributed by atoms with Crippen molar-refractivity contribution in [1.29, 1.82) is 0 Å². The molecule has 0 aliphatic carbocycles. The van der Waals surface area contributed by atoms with Gasteiger partial charge in [0.25, 0.3) is 0 Å². The summed E-state index contributed by atoms with van der Waals surface area (Å²) in [6.45, 7) is 5.36. The lowest BCUT2D eigenvalue weighted by Crippen LogP contribution is -2.18. The molecule has 0 aromatic heterocycles. The molecule has 0 unspecified atom stereocenters. The summed E-state index contributed by atoms with van der Waals surface area (Å²) in [5, 5.41) is 0. The van der Waals surface area contributed by atoms with Crippen LogP contribution in [-0.4, -0.2) is 13.2 Å². The van der Waals surface area contributed by atoms with Crippen molar-refractivity contribution in [2.45, 2.75) is 26.1 Å². The normalized spacial score (nSPS) is 13.9. The van der Waals surface area contributed by atoms with E-state index in [0.29, 0.717) is 13.2 Å². The van der Waals surface area contributed by atoms with E-state index in [1.165, 1.54) is 0 Å². The standard InChI is InChI=1S/C18H22O2/c1-3-19-17(15-11-7-5-8-12-15)18(20-4-2)16-13-9-6-10-14-16/h5-14,17-18H,3-4H2,1-2H3/t17-,18-/m1/s1. The smallest absolute Gasteiger partial charge is 0.113 e. The molecule has 0 radical (unpaired) electrons. The van der Waals surface area contributed by atoms with Crippen molar-refractivity contribution in [3.63, 3.8) is 0 Å². The Morgan fingerprint density at radius 1 is 0.650 bits per heavy atom. The molecular formula is C18H22O2. The fraction of sp³-hybridized carbons (Fsp3) is 0.333. The molecule has 2 heteroatoms. The van der Waals surface area contributed by atoms with Gasteiger partial charge >= 0.3 is 0 Å². The Morgan fingerprint density at radius 2 is 1.00 bits per heavy atom. The summed E-state index contributed by atoms with van der Waals surface area (Å²) in [6.07, 6.45) is -0.160. The van der Waals surface area contributed by atoms with Gasteiger partial charge < -0.3 is 9.47 Å². The van der Waals surface area contributed by atoms with E-state index in [9.17, 15) is 0 Å². The minimum absolute atomic E-state index is 0.0800. The minimum Gasteiger partial charge on any atom is -0.371 e. The Bertz CT molecular complexity index is 434. The van der Waals surface area contributed by atoms with Crippen LogP contribution in [0.4, 0.5) is 0 Å². The molecule has 20 heavy (non-hydrogen) atoms. The lowest BCUT2D eigenvalue weighted by molar-refractivity contribution is -0.0715. The molecule has 0 bridgehead atoms. The average Bonchev–Trinajstić information content (AvgIpc) is 2.52. The zero-order valence-corrected chi connectivity index (χ0v) is 12.2. The maximum atomic E-state index is 5.97. The number of ether oxygens (including phenoxy) is 2. The molecule has 2 aromatic carbocycles. The lowest BCUT2D eigenvalue weighted by atomic mass is 9.98. The van der Waals surface area contributed by atoms with Gasteiger partial charge in [-0.15, -0.1) is 0 Å². The van der Waals surface area contributed by atoms with Gasteiger partial charge in [-0.3, -0.25) is 0 Å². The van der Waals surface area contributed by atoms with Crippen molar-refractivity contribution in [3.05, 3.63) is 71.8 Å². The molecule has 0 amide bonds. The van der Waals surface area contributed by atoms with E-state index in [0.717, 1.165) is 11.1 Å². The van der Waals surface area contributed by atoms with Crippen molar-refractivity contribution in [2.75, 3.05) is 13.2 Å². The van der Waals surface area contributed by atoms with Crippen molar-refractivity contribution in [1.82, 2.24) is 0 Å². The second-order valence-corrected chi connectivity index (χ2v) is 4.57. The zero-order valence-electron chi connectivity index (χ0n) is 12.2. The highest BCUT2D eigenvalue weighted by atomic mass is 16.5. The molecule has 0 aliphatic rings. The van der Waals surface area contributed by atoms with Crippen molar-refractivity contribution in [3.8, 4) is 0 Å². The molecule has 0 saturated heterocycles. The van der Waals surface area contributed by atoms with Gasteiger partial charge in [-0.25, -0.2) is 0 Å². The van der Waals surface area contributed by atoms with E-state index in [-0.39, 0.29) is 12.2 Å². The summed E-state index contributed by atoms with van der Waals surface area (Å²) >= 11 is 0. The second kappa shape index (κ2) is 7.83. The van der Waals surface area contributed by atoms with E-state index in [2.05, 4.69) is 24.3 Å². The summed E-state index contributed by atoms with van der Waals surface area (Å²) in [5.74, 6) is 0. The number of hydrogen-bond acceptors (Lipinski definition) is 2. The zero-order chi connectivity index (χ0) is 14.2. The maximum Gasteiger partial charge on any atom is 0.113 e. The summed E-state index contributed by atoms with van der Waals surface area (Å²) in [7, 11) is 0. The third-order valence-electron chi connectivity index (χ3n) is 3.22. The van der Waals surface area contributed by atoms with Crippen LogP contribution in [0.15, 0.2) is 60.7 Å². The van der Waals surface area contributed by atoms with Gasteiger partial charge in [-0.2, -0.15) is 0 Å². The highest BCUT2D eigenvalue weighted by Crippen LogP contribution is 2.34. The summed E-state index contributed by atoms with van der Waals surface area (Å²) < 4.78 is 11.9. The molecule has 0 N–H and O–H groups in total. The van der Waals surface area contributed by atoms with Crippen LogP contribution >= 0.6 is 0 Å². The van der Waals surface area contributed by atoms with E-state index >= 15 is 0 Å². The Hall–Kier alpha value is -1.64. The number of benzene rings is 2. The van der Waals surface area contributed by atoms with Gasteiger partial charge in [0.05, 0.1) is 0 Å². The molecule has 2 atom stereocenters. The summed E-state index contributed by atoms with van der Waals surface area (Å²) in [6, 6.07) is 20.6. The van der Waals surface area contributed by atoms with Gasteiger partial charge in [0.1, 0.15) is 12.2 Å². The Labute approximate surface area is 121 Å². The molecule has 2 nitrogen and oxygen atoms in total. The Kier molecular flexibility index (Phi) is 5.78. The van der Waals surface area contributed by atoms with E-state index in [1.54, 1.807) is 0 Å². The van der Waals surface area contributed by atoms with Gasteiger partial charge in [-0.1, -0.05) is 60.7 Å². The fourth-order valence-electron chi connectivity index (χ4n) is 2.36. The van der Waals surface area contributed by atoms with Crippen LogP contribution in [-0.2, 0) is 9.47 Å². The number of rotatable bonds is 7. The molecule has 0 saturated carbocycles. The fourth-order valence-corrected chi connectivity index (χ4v) is 2.36. The van der Waals surface area contributed by atoms with Crippen LogP contribution in [0.3, 0.4) is 0 Å². The quantitative estimate of drug-likeness (QED) is 0.735. The molecule has 0 spiro atoms. The Balaban J connectivity index is 2.33. The monoisotopic (exact) mass is 270 g/mol. The van der Waals surface area contributed by atoms with Crippen LogP contribution < -0.4 is 0 Å². The van der Waals surface area contributed by atoms with Crippen LogP contribution in [0.25, 0.3) is 0 Å². The summed E-state index contributed by atoms with van der Waals surface area (Å²) in [4.78, 5) is 0. The van der Waals surface area contributed by atoms with Crippen LogP contribution in [0, 0.1) is 0 Å². The maximum absolute atomic E-state index is 5.97. The average molecular weight is 270 g/mol. The van der Waals surface area contributed by atoms with Crippen LogP contribution in [0.1, 0.15) is 37.2 Å². The van der Waals surface area contributed by atoms with Gasteiger partial charge in [0.2, 0.25) is 0 Å². The predicted octanol–water partition coefficient (Wildman–Crippen LogP) is 4.54. The topological polar surface area (TPSA) is 18.5 Å². The first-order valence-electron chi connectivity index (χ1n) is 7.20. The molecule has 0 aliphatic heterocycles. The predicted molar refractivity (Wildman–Crippen MR) is 81.6 cm³/mol. The van der Waals surface area contributed by atoms with E-state index in [1.807, 2.05) is 50.2 Å². The molecule has 106 valence electrons. The van der Waals surface area contributed by atoms with Crippen molar-refractivity contribution < 1.29 is 9.47 Å². The number of hydrogen-bond donors (Lipinski definition) is 0. The molecule has 0 heterocycles. The van der Waals surface area contributed by atoms with Gasteiger partial charge in [0, 0.05) is 13.2 Å². The van der Waals surface area contributed by atoms with Crippen molar-refractivity contribution >= 4 is 0 Å². The molecular weight excluding hydrogens is 248 g/mol. The molecule has 0 fully saturated rings. The van der Waals surface area contributed by atoms with Gasteiger partial charge in [-0.05, 0) is 25.0 Å². The lowest BCUT2D eigenvalue weighted by Gasteiger charge is -2.27. The second-order valence-electron chi connectivity index (χ2n) is 4.57. The van der Waals surface area contributed by atoms with Gasteiger partial charge in [0.15, 0.2) is 0 Å². The summed E-state index contributed by atoms with van der Waals surface area (Å²) in [5.41, 5.74) is 2.30. The highest BCUT2D eigenvalue weighted by Gasteiger charge is 2.25. The molecule has 2 rings (SSSR count). The van der Waals surface area contributed by atoms with Crippen molar-refractivity contribution in [2.24, 2.45) is 0 Å². The third kappa shape index (κ3) is 3.69. The van der Waals surface area contributed by atoms with E-state index < -0.39 is 0 Å². The first kappa shape index (κ1) is 14.8. The third-order valence-corrected chi connectivity index (χ3v) is 3.22. The first-order chi connectivity index (χ1) is 9.86. The van der Waals surface area contributed by atoms with E-state index in [4.69, 9.17) is 9.47 Å². The first-order valence-corrected chi connectivity index (χ1v) is 7.20. The minimum atomic E-state index is -0.0800. The SMILES string of the molecule is CCO[C@H](c1ccccc1)[C@H](OCC)c1ccccc1. The largest absolute Gasteiger partial charge is 0.371 e. The van der Waals surface area contributed by atoms with Crippen LogP contribution in [0.2, 0.25) is 0 Å². The highest BCUT2D eigenvalue weighted by molar-refractivity contribution is 5.25. The molecule has 2 aromatic rings. The Morgan fingerprint density at radius 3 is 1.30 bits per heavy atom. The van der Waals surface area contributed by atoms with Crippen LogP contribution in [0.5, 0.6) is 0 Å².